The summed E-state index contributed by atoms with van der Waals surface area (Å²) in [6.45, 7) is 6.92. The monoisotopic (exact) mass is 455 g/mol. The van der Waals surface area contributed by atoms with Crippen LogP contribution in [0.5, 0.6) is 0 Å². The summed E-state index contributed by atoms with van der Waals surface area (Å²) in [5.41, 5.74) is 0.713. The largest absolute Gasteiger partial charge is 0.352 e. The maximum atomic E-state index is 13.5. The van der Waals surface area contributed by atoms with Gasteiger partial charge in [0.1, 0.15) is 11.6 Å². The minimum absolute atomic E-state index is 0. The second kappa shape index (κ2) is 8.85. The Morgan fingerprint density at radius 3 is 2.70 bits per heavy atom. The minimum atomic E-state index is -0.150. The Kier molecular flexibility index (Phi) is 6.79. The molecule has 2 aromatic heterocycles. The Labute approximate surface area is 189 Å². The molecule has 10 heteroatoms. The molecular weight excluding hydrogens is 425 g/mol. The molecule has 3 fully saturated rings. The lowest BCUT2D eigenvalue weighted by atomic mass is 9.67. The van der Waals surface area contributed by atoms with Crippen LogP contribution in [0.1, 0.15) is 31.5 Å². The molecule has 0 spiro atoms. The van der Waals surface area contributed by atoms with Crippen molar-refractivity contribution in [2.45, 2.75) is 32.6 Å². The maximum absolute atomic E-state index is 13.5. The van der Waals surface area contributed by atoms with Crippen LogP contribution in [0.25, 0.3) is 11.0 Å². The molecule has 3 aliphatic rings. The second-order valence-corrected chi connectivity index (χ2v) is 8.61. The molecule has 0 radical (unpaired) electrons. The molecule has 1 N–H and O–H groups in total. The number of nitrogens with zero attached hydrogens (tertiary/aromatic N) is 6. The number of carbonyl (C=O) groups is 1. The third-order valence-electron chi connectivity index (χ3n) is 7.01. The molecule has 0 aromatic carbocycles. The highest BCUT2D eigenvalue weighted by Gasteiger charge is 2.51. The van der Waals surface area contributed by atoms with Gasteiger partial charge < -0.3 is 15.1 Å². The summed E-state index contributed by atoms with van der Waals surface area (Å²) in [5.74, 6) is 2.60. The lowest BCUT2D eigenvalue weighted by Gasteiger charge is -2.43. The summed E-state index contributed by atoms with van der Waals surface area (Å²) >= 11 is 0. The molecule has 30 heavy (non-hydrogen) atoms. The van der Waals surface area contributed by atoms with Gasteiger partial charge in [-0.05, 0) is 32.2 Å². The fourth-order valence-electron chi connectivity index (χ4n) is 5.46. The standard InChI is InChI=1S/C20H29N7O.2ClH/c1-14-23-17-16(12-22-25(17)2)18(24-14)26-7-9-27(10-8-26)19(28)20-6-4-3-5-15(20)11-21-13-20;;/h12,15,21H,3-11,13H2,1-2H3;2*1H/t15-,20+;;/m0../s1. The molecule has 8 nitrogen and oxygen atoms in total. The van der Waals surface area contributed by atoms with Crippen LogP contribution in [0.4, 0.5) is 5.82 Å². The predicted molar refractivity (Wildman–Crippen MR) is 122 cm³/mol. The number of hydrogen-bond acceptors (Lipinski definition) is 6. The molecular formula is C20H31Cl2N7O. The smallest absolute Gasteiger partial charge is 0.230 e. The highest BCUT2D eigenvalue weighted by molar-refractivity contribution is 5.88. The van der Waals surface area contributed by atoms with Crippen molar-refractivity contribution in [1.29, 1.82) is 0 Å². The van der Waals surface area contributed by atoms with Gasteiger partial charge in [0, 0.05) is 39.8 Å². The van der Waals surface area contributed by atoms with Gasteiger partial charge in [-0.3, -0.25) is 9.48 Å². The molecule has 2 aliphatic heterocycles. The summed E-state index contributed by atoms with van der Waals surface area (Å²) in [5, 5.41) is 8.84. The van der Waals surface area contributed by atoms with Crippen LogP contribution in [0, 0.1) is 18.3 Å². The number of piperazine rings is 1. The SMILES string of the molecule is Cc1nc(N2CCN(C(=O)[C@@]34CCCC[C@H]3CNC4)CC2)c2cnn(C)c2n1.Cl.Cl. The van der Waals surface area contributed by atoms with Crippen molar-refractivity contribution in [2.24, 2.45) is 18.4 Å². The molecule has 166 valence electrons. The van der Waals surface area contributed by atoms with E-state index in [9.17, 15) is 4.79 Å². The molecule has 1 saturated carbocycles. The Hall–Kier alpha value is -1.64. The number of hydrogen-bond donors (Lipinski definition) is 1. The fraction of sp³-hybridized carbons (Fsp3) is 0.700. The van der Waals surface area contributed by atoms with Crippen LogP contribution in [-0.2, 0) is 11.8 Å². The van der Waals surface area contributed by atoms with E-state index in [0.717, 1.165) is 68.4 Å². The van der Waals surface area contributed by atoms with Crippen molar-refractivity contribution in [3.8, 4) is 0 Å². The predicted octanol–water partition coefficient (Wildman–Crippen LogP) is 1.94. The second-order valence-electron chi connectivity index (χ2n) is 8.61. The van der Waals surface area contributed by atoms with E-state index in [2.05, 4.69) is 25.2 Å². The number of rotatable bonds is 2. The first kappa shape index (κ1) is 23.0. The van der Waals surface area contributed by atoms with Crippen molar-refractivity contribution >= 4 is 47.6 Å². The van der Waals surface area contributed by atoms with Gasteiger partial charge in [0.05, 0.1) is 17.0 Å². The van der Waals surface area contributed by atoms with Crippen LogP contribution < -0.4 is 10.2 Å². The van der Waals surface area contributed by atoms with E-state index in [0.29, 0.717) is 11.8 Å². The molecule has 2 atom stereocenters. The van der Waals surface area contributed by atoms with Crippen LogP contribution in [0.2, 0.25) is 0 Å². The number of aromatic nitrogens is 4. The molecule has 0 unspecified atom stereocenters. The minimum Gasteiger partial charge on any atom is -0.352 e. The van der Waals surface area contributed by atoms with E-state index in [1.807, 2.05) is 20.2 Å². The van der Waals surface area contributed by atoms with Gasteiger partial charge in [0.25, 0.3) is 0 Å². The Morgan fingerprint density at radius 2 is 1.93 bits per heavy atom. The number of amides is 1. The highest BCUT2D eigenvalue weighted by Crippen LogP contribution is 2.45. The Bertz CT molecular complexity index is 912. The number of halogens is 2. The summed E-state index contributed by atoms with van der Waals surface area (Å²) in [4.78, 5) is 27.1. The van der Waals surface area contributed by atoms with Crippen LogP contribution >= 0.6 is 24.8 Å². The first-order valence-corrected chi connectivity index (χ1v) is 10.5. The molecule has 0 bridgehead atoms. The number of aryl methyl sites for hydroxylation is 2. The van der Waals surface area contributed by atoms with Gasteiger partial charge >= 0.3 is 0 Å². The molecule has 4 heterocycles. The van der Waals surface area contributed by atoms with Gasteiger partial charge in [-0.2, -0.15) is 5.10 Å². The molecule has 2 saturated heterocycles. The third-order valence-corrected chi connectivity index (χ3v) is 7.01. The lowest BCUT2D eigenvalue weighted by molar-refractivity contribution is -0.145. The molecule has 5 rings (SSSR count). The normalized spacial score (nSPS) is 26.1. The average Bonchev–Trinajstić information content (AvgIpc) is 3.32. The quantitative estimate of drug-likeness (QED) is 0.745. The van der Waals surface area contributed by atoms with Crippen LogP contribution in [0.15, 0.2) is 6.20 Å². The number of nitrogens with one attached hydrogen (secondary N) is 1. The molecule has 1 amide bonds. The first-order chi connectivity index (χ1) is 13.6. The summed E-state index contributed by atoms with van der Waals surface area (Å²) in [6, 6.07) is 0. The van der Waals surface area contributed by atoms with E-state index >= 15 is 0 Å². The van der Waals surface area contributed by atoms with Crippen molar-refractivity contribution in [3.63, 3.8) is 0 Å². The number of fused-ring (bicyclic) bond motifs is 2. The zero-order chi connectivity index (χ0) is 19.3. The van der Waals surface area contributed by atoms with Crippen LogP contribution in [-0.4, -0.2) is 69.8 Å². The van der Waals surface area contributed by atoms with E-state index in [-0.39, 0.29) is 30.2 Å². The van der Waals surface area contributed by atoms with Gasteiger partial charge in [0.2, 0.25) is 5.91 Å². The number of anilines is 1. The van der Waals surface area contributed by atoms with E-state index in [1.165, 1.54) is 19.3 Å². The van der Waals surface area contributed by atoms with Crippen molar-refractivity contribution in [3.05, 3.63) is 12.0 Å². The average molecular weight is 456 g/mol. The Morgan fingerprint density at radius 1 is 1.17 bits per heavy atom. The van der Waals surface area contributed by atoms with E-state index in [4.69, 9.17) is 4.98 Å². The maximum Gasteiger partial charge on any atom is 0.230 e. The van der Waals surface area contributed by atoms with Crippen LogP contribution in [0.3, 0.4) is 0 Å². The topological polar surface area (TPSA) is 79.2 Å². The van der Waals surface area contributed by atoms with E-state index < -0.39 is 0 Å². The van der Waals surface area contributed by atoms with Crippen molar-refractivity contribution in [2.75, 3.05) is 44.2 Å². The molecule has 1 aliphatic carbocycles. The van der Waals surface area contributed by atoms with Crippen molar-refractivity contribution < 1.29 is 4.79 Å². The van der Waals surface area contributed by atoms with Crippen molar-refractivity contribution in [1.82, 2.24) is 30.0 Å². The van der Waals surface area contributed by atoms with Gasteiger partial charge in [0.15, 0.2) is 5.65 Å². The zero-order valence-corrected chi connectivity index (χ0v) is 19.3. The van der Waals surface area contributed by atoms with E-state index in [1.54, 1.807) is 4.68 Å². The fourth-order valence-corrected chi connectivity index (χ4v) is 5.46. The summed E-state index contributed by atoms with van der Waals surface area (Å²) in [7, 11) is 1.91. The number of carbonyl (C=O) groups excluding carboxylic acids is 1. The Balaban J connectivity index is 0.00000128. The van der Waals surface area contributed by atoms with Gasteiger partial charge in [-0.15, -0.1) is 24.8 Å². The summed E-state index contributed by atoms with van der Waals surface area (Å²) in [6.07, 6.45) is 6.53. The van der Waals surface area contributed by atoms with Gasteiger partial charge in [-0.25, -0.2) is 9.97 Å². The van der Waals surface area contributed by atoms with Gasteiger partial charge in [-0.1, -0.05) is 12.8 Å². The zero-order valence-electron chi connectivity index (χ0n) is 17.6. The highest BCUT2D eigenvalue weighted by atomic mass is 35.5. The summed E-state index contributed by atoms with van der Waals surface area (Å²) < 4.78 is 1.79. The first-order valence-electron chi connectivity index (χ1n) is 10.5. The lowest BCUT2D eigenvalue weighted by Crippen LogP contribution is -2.56. The molecule has 2 aromatic rings. The third kappa shape index (κ3) is 3.63.